The third kappa shape index (κ3) is 8.29. The molecule has 1 fully saturated rings. The van der Waals surface area contributed by atoms with Gasteiger partial charge >= 0.3 is 12.1 Å². The Hall–Kier alpha value is -2.36. The first-order valence-electron chi connectivity index (χ1n) is 10.5. The van der Waals surface area contributed by atoms with Gasteiger partial charge in [0.1, 0.15) is 18.5 Å². The minimum Gasteiger partial charge on any atom is -0.491 e. The van der Waals surface area contributed by atoms with Gasteiger partial charge in [-0.15, -0.1) is 0 Å². The smallest absolute Gasteiger partial charge is 0.416 e. The van der Waals surface area contributed by atoms with Crippen molar-refractivity contribution in [3.05, 3.63) is 54.1 Å². The van der Waals surface area contributed by atoms with Gasteiger partial charge in [-0.3, -0.25) is 4.79 Å². The Morgan fingerprint density at radius 1 is 1.22 bits per heavy atom. The molecule has 0 bridgehead atoms. The molecule has 32 heavy (non-hydrogen) atoms. The van der Waals surface area contributed by atoms with E-state index in [1.165, 1.54) is 18.2 Å². The Kier molecular flexibility index (Phi) is 9.74. The highest BCUT2D eigenvalue weighted by Gasteiger charge is 2.39. The SMILES string of the molecule is O=C(O)CCC/C=C/C[C@H]1[C@H](/C=C/[C@@H](O)COc2cccc(C(F)(F)F)c2)[C@@H](O)C[C@H]1O. The van der Waals surface area contributed by atoms with E-state index in [0.717, 1.165) is 12.1 Å². The summed E-state index contributed by atoms with van der Waals surface area (Å²) in [6.45, 7) is -0.267. The highest BCUT2D eigenvalue weighted by molar-refractivity contribution is 5.66. The van der Waals surface area contributed by atoms with E-state index < -0.39 is 41.9 Å². The molecular formula is C23H29F3O6. The maximum absolute atomic E-state index is 12.8. The van der Waals surface area contributed by atoms with Crippen molar-refractivity contribution in [3.63, 3.8) is 0 Å². The molecule has 0 aliphatic heterocycles. The number of halogens is 3. The van der Waals surface area contributed by atoms with Crippen LogP contribution in [0.3, 0.4) is 0 Å². The van der Waals surface area contributed by atoms with E-state index in [2.05, 4.69) is 0 Å². The molecule has 2 rings (SSSR count). The van der Waals surface area contributed by atoms with Crippen molar-refractivity contribution < 1.29 is 43.1 Å². The first-order valence-corrected chi connectivity index (χ1v) is 10.5. The number of carboxylic acid groups (broad SMARTS) is 1. The van der Waals surface area contributed by atoms with Crippen molar-refractivity contribution in [3.8, 4) is 5.75 Å². The molecule has 0 saturated heterocycles. The zero-order valence-corrected chi connectivity index (χ0v) is 17.5. The van der Waals surface area contributed by atoms with Gasteiger partial charge in [0.25, 0.3) is 0 Å². The predicted molar refractivity (Wildman–Crippen MR) is 111 cm³/mol. The molecule has 0 aromatic heterocycles. The fourth-order valence-electron chi connectivity index (χ4n) is 3.70. The van der Waals surface area contributed by atoms with E-state index in [9.17, 15) is 33.3 Å². The van der Waals surface area contributed by atoms with Gasteiger partial charge in [0.05, 0.1) is 17.8 Å². The van der Waals surface area contributed by atoms with Crippen molar-refractivity contribution in [2.45, 2.75) is 56.6 Å². The van der Waals surface area contributed by atoms with Crippen molar-refractivity contribution in [1.82, 2.24) is 0 Å². The van der Waals surface area contributed by atoms with E-state index in [-0.39, 0.29) is 31.1 Å². The standard InChI is InChI=1S/C23H29F3O6/c24-23(25,26)15-6-5-7-17(12-15)32-14-16(27)10-11-19-18(20(28)13-21(19)29)8-3-1-2-4-9-22(30)31/h1,3,5-7,10-12,16,18-21,27-29H,2,4,8-9,13-14H2,(H,30,31)/b3-1+,11-10+/t16-,18+,19+,20-,21+/m1/s1. The van der Waals surface area contributed by atoms with Crippen LogP contribution in [0.1, 0.15) is 37.7 Å². The predicted octanol–water partition coefficient (Wildman–Crippen LogP) is 3.56. The monoisotopic (exact) mass is 458 g/mol. The van der Waals surface area contributed by atoms with Gasteiger partial charge in [-0.2, -0.15) is 13.2 Å². The second-order valence-electron chi connectivity index (χ2n) is 7.89. The molecule has 4 N–H and O–H groups in total. The van der Waals surface area contributed by atoms with Gasteiger partial charge in [0, 0.05) is 18.8 Å². The molecule has 0 radical (unpaired) electrons. The number of carbonyl (C=O) groups is 1. The second-order valence-corrected chi connectivity index (χ2v) is 7.89. The molecule has 5 atom stereocenters. The van der Waals surface area contributed by atoms with Crippen molar-refractivity contribution in [1.29, 1.82) is 0 Å². The van der Waals surface area contributed by atoms with Crippen LogP contribution in [0, 0.1) is 11.8 Å². The number of ether oxygens (including phenoxy) is 1. The van der Waals surface area contributed by atoms with Gasteiger partial charge in [-0.25, -0.2) is 0 Å². The highest BCUT2D eigenvalue weighted by Crippen LogP contribution is 2.36. The average Bonchev–Trinajstić information content (AvgIpc) is 2.99. The van der Waals surface area contributed by atoms with Crippen molar-refractivity contribution in [2.75, 3.05) is 6.61 Å². The van der Waals surface area contributed by atoms with E-state index in [1.54, 1.807) is 6.08 Å². The molecule has 1 aliphatic carbocycles. The fraction of sp³-hybridized carbons (Fsp3) is 0.522. The number of aliphatic hydroxyl groups excluding tert-OH is 3. The molecule has 178 valence electrons. The summed E-state index contributed by atoms with van der Waals surface area (Å²) in [4.78, 5) is 10.5. The fourth-order valence-corrected chi connectivity index (χ4v) is 3.70. The number of carboxylic acids is 1. The van der Waals surface area contributed by atoms with Gasteiger partial charge in [-0.05, 0) is 43.4 Å². The van der Waals surface area contributed by atoms with Crippen LogP contribution in [0.15, 0.2) is 48.6 Å². The summed E-state index contributed by atoms with van der Waals surface area (Å²) in [7, 11) is 0. The molecule has 0 unspecified atom stereocenters. The Labute approximate surface area is 184 Å². The molecule has 9 heteroatoms. The highest BCUT2D eigenvalue weighted by atomic mass is 19.4. The Morgan fingerprint density at radius 2 is 1.97 bits per heavy atom. The number of aliphatic carboxylic acids is 1. The van der Waals surface area contributed by atoms with Crippen LogP contribution in [-0.2, 0) is 11.0 Å². The van der Waals surface area contributed by atoms with E-state index in [4.69, 9.17) is 9.84 Å². The van der Waals surface area contributed by atoms with Crippen molar-refractivity contribution in [2.24, 2.45) is 11.8 Å². The average molecular weight is 458 g/mol. The van der Waals surface area contributed by atoms with Crippen LogP contribution in [0.2, 0.25) is 0 Å². The number of allylic oxidation sites excluding steroid dienone is 2. The lowest BCUT2D eigenvalue weighted by Crippen LogP contribution is -2.21. The van der Waals surface area contributed by atoms with Crippen LogP contribution in [0.4, 0.5) is 13.2 Å². The summed E-state index contributed by atoms with van der Waals surface area (Å²) in [5.41, 5.74) is -0.845. The summed E-state index contributed by atoms with van der Waals surface area (Å²) in [5.74, 6) is -1.55. The lowest BCUT2D eigenvalue weighted by atomic mass is 9.89. The first-order chi connectivity index (χ1) is 15.1. The summed E-state index contributed by atoms with van der Waals surface area (Å²) < 4.78 is 43.5. The van der Waals surface area contributed by atoms with Gasteiger partial charge in [0.2, 0.25) is 0 Å². The van der Waals surface area contributed by atoms with E-state index in [1.807, 2.05) is 12.2 Å². The lowest BCUT2D eigenvalue weighted by Gasteiger charge is -2.19. The topological polar surface area (TPSA) is 107 Å². The third-order valence-electron chi connectivity index (χ3n) is 5.39. The molecule has 0 spiro atoms. The molecular weight excluding hydrogens is 429 g/mol. The van der Waals surface area contributed by atoms with Crippen LogP contribution in [0.25, 0.3) is 0 Å². The molecule has 1 saturated carbocycles. The van der Waals surface area contributed by atoms with Gasteiger partial charge in [-0.1, -0.05) is 30.4 Å². The van der Waals surface area contributed by atoms with Crippen LogP contribution in [-0.4, -0.2) is 51.3 Å². The van der Waals surface area contributed by atoms with Crippen molar-refractivity contribution >= 4 is 5.97 Å². The second kappa shape index (κ2) is 12.0. The Balaban J connectivity index is 1.87. The summed E-state index contributed by atoms with van der Waals surface area (Å²) in [5, 5.41) is 39.2. The number of hydrogen-bond donors (Lipinski definition) is 4. The minimum atomic E-state index is -4.49. The van der Waals surface area contributed by atoms with Crippen LogP contribution >= 0.6 is 0 Å². The normalized spacial score (nSPS) is 24.9. The molecule has 1 aliphatic rings. The molecule has 1 aromatic rings. The zero-order valence-electron chi connectivity index (χ0n) is 17.5. The van der Waals surface area contributed by atoms with Gasteiger partial charge < -0.3 is 25.2 Å². The summed E-state index contributed by atoms with van der Waals surface area (Å²) >= 11 is 0. The molecule has 0 heterocycles. The first kappa shape index (κ1) is 25.9. The number of unbranched alkanes of at least 4 members (excludes halogenated alkanes) is 1. The lowest BCUT2D eigenvalue weighted by molar-refractivity contribution is -0.138. The minimum absolute atomic E-state index is 0.0190. The van der Waals surface area contributed by atoms with Crippen LogP contribution < -0.4 is 4.74 Å². The molecule has 0 amide bonds. The number of rotatable bonds is 11. The Bertz CT molecular complexity index is 792. The molecule has 6 nitrogen and oxygen atoms in total. The maximum atomic E-state index is 12.8. The van der Waals surface area contributed by atoms with E-state index >= 15 is 0 Å². The number of hydrogen-bond acceptors (Lipinski definition) is 5. The summed E-state index contributed by atoms with van der Waals surface area (Å²) in [6, 6.07) is 4.36. The van der Waals surface area contributed by atoms with E-state index in [0.29, 0.717) is 19.3 Å². The summed E-state index contributed by atoms with van der Waals surface area (Å²) in [6.07, 6.45) is 1.48. The number of alkyl halides is 3. The number of aliphatic hydroxyl groups is 3. The number of benzene rings is 1. The Morgan fingerprint density at radius 3 is 2.66 bits per heavy atom. The maximum Gasteiger partial charge on any atom is 0.416 e. The quantitative estimate of drug-likeness (QED) is 0.298. The van der Waals surface area contributed by atoms with Crippen LogP contribution in [0.5, 0.6) is 5.75 Å². The molecule has 1 aromatic carbocycles. The largest absolute Gasteiger partial charge is 0.491 e. The third-order valence-corrected chi connectivity index (χ3v) is 5.39. The zero-order chi connectivity index (χ0) is 23.7. The van der Waals surface area contributed by atoms with Gasteiger partial charge in [0.15, 0.2) is 0 Å².